The Bertz CT molecular complexity index is 995. The minimum absolute atomic E-state index is 0.0388. The van der Waals surface area contributed by atoms with Gasteiger partial charge in [-0.3, -0.25) is 4.79 Å². The minimum atomic E-state index is -4.40. The molecule has 1 atom stereocenters. The van der Waals surface area contributed by atoms with Gasteiger partial charge in [0.05, 0.1) is 11.5 Å². The van der Waals surface area contributed by atoms with E-state index in [0.717, 1.165) is 23.4 Å². The number of alkyl halides is 3. The lowest BCUT2D eigenvalue weighted by molar-refractivity contribution is -0.137. The van der Waals surface area contributed by atoms with Crippen LogP contribution in [0.5, 0.6) is 0 Å². The molecule has 1 aliphatic heterocycles. The van der Waals surface area contributed by atoms with E-state index in [1.54, 1.807) is 4.90 Å². The van der Waals surface area contributed by atoms with Crippen molar-refractivity contribution in [2.75, 3.05) is 11.4 Å². The summed E-state index contributed by atoms with van der Waals surface area (Å²) in [5.74, 6) is 0.204. The average Bonchev–Trinajstić information content (AvgIpc) is 3.29. The highest BCUT2D eigenvalue weighted by Gasteiger charge is 2.35. The highest BCUT2D eigenvalue weighted by Crippen LogP contribution is 2.33. The van der Waals surface area contributed by atoms with Crippen LogP contribution in [0.3, 0.4) is 0 Å². The third kappa shape index (κ3) is 3.49. The third-order valence-electron chi connectivity index (χ3n) is 4.73. The van der Waals surface area contributed by atoms with Crippen molar-refractivity contribution in [1.82, 2.24) is 10.1 Å². The summed E-state index contributed by atoms with van der Waals surface area (Å²) in [6.45, 7) is 2.39. The van der Waals surface area contributed by atoms with Crippen molar-refractivity contribution < 1.29 is 22.5 Å². The maximum Gasteiger partial charge on any atom is 0.416 e. The van der Waals surface area contributed by atoms with E-state index >= 15 is 0 Å². The van der Waals surface area contributed by atoms with Crippen LogP contribution < -0.4 is 4.90 Å². The summed E-state index contributed by atoms with van der Waals surface area (Å²) in [4.78, 5) is 18.3. The van der Waals surface area contributed by atoms with Gasteiger partial charge in [0.2, 0.25) is 17.6 Å². The zero-order valence-corrected chi connectivity index (χ0v) is 14.9. The van der Waals surface area contributed by atoms with E-state index in [2.05, 4.69) is 10.1 Å². The van der Waals surface area contributed by atoms with Crippen molar-refractivity contribution in [3.8, 4) is 11.4 Å². The zero-order valence-electron chi connectivity index (χ0n) is 14.9. The molecule has 0 bridgehead atoms. The minimum Gasteiger partial charge on any atom is -0.339 e. The Morgan fingerprint density at radius 3 is 2.39 bits per heavy atom. The summed E-state index contributed by atoms with van der Waals surface area (Å²) in [6.07, 6.45) is -4.16. The molecule has 0 saturated carbocycles. The summed E-state index contributed by atoms with van der Waals surface area (Å²) in [5, 5.41) is 3.86. The van der Waals surface area contributed by atoms with E-state index in [4.69, 9.17) is 4.52 Å². The summed E-state index contributed by atoms with van der Waals surface area (Å²) in [5.41, 5.74) is 1.59. The quantitative estimate of drug-likeness (QED) is 0.660. The Hall–Kier alpha value is -3.16. The van der Waals surface area contributed by atoms with Crippen LogP contribution in [-0.2, 0) is 11.0 Å². The smallest absolute Gasteiger partial charge is 0.339 e. The van der Waals surface area contributed by atoms with Crippen LogP contribution in [0.4, 0.5) is 18.9 Å². The van der Waals surface area contributed by atoms with Gasteiger partial charge in [-0.2, -0.15) is 18.2 Å². The highest BCUT2D eigenvalue weighted by atomic mass is 19.4. The number of carbonyl (C=O) groups excluding carboxylic acids is 1. The molecule has 1 saturated heterocycles. The number of aromatic nitrogens is 2. The molecule has 1 fully saturated rings. The molecule has 8 heteroatoms. The van der Waals surface area contributed by atoms with Crippen LogP contribution in [0.1, 0.15) is 29.4 Å². The molecule has 0 aliphatic carbocycles. The van der Waals surface area contributed by atoms with Crippen LogP contribution in [0.15, 0.2) is 53.1 Å². The maximum atomic E-state index is 12.7. The Kier molecular flexibility index (Phi) is 4.41. The van der Waals surface area contributed by atoms with Crippen molar-refractivity contribution in [3.63, 3.8) is 0 Å². The molecule has 0 spiro atoms. The third-order valence-corrected chi connectivity index (χ3v) is 4.73. The maximum absolute atomic E-state index is 12.7. The van der Waals surface area contributed by atoms with Crippen LogP contribution in [0.25, 0.3) is 11.4 Å². The van der Waals surface area contributed by atoms with Gasteiger partial charge >= 0.3 is 6.18 Å². The number of halogens is 3. The number of nitrogens with zero attached hydrogens (tertiary/aromatic N) is 3. The number of aryl methyl sites for hydroxylation is 1. The van der Waals surface area contributed by atoms with Gasteiger partial charge in [-0.1, -0.05) is 35.0 Å². The number of hydrogen-bond donors (Lipinski definition) is 0. The molecule has 5 nitrogen and oxygen atoms in total. The van der Waals surface area contributed by atoms with Crippen LogP contribution >= 0.6 is 0 Å². The second-order valence-corrected chi connectivity index (χ2v) is 6.77. The number of benzene rings is 2. The summed E-state index contributed by atoms with van der Waals surface area (Å²) < 4.78 is 43.3. The predicted octanol–water partition coefficient (Wildman–Crippen LogP) is 4.58. The molecule has 0 radical (unpaired) electrons. The van der Waals surface area contributed by atoms with Crippen molar-refractivity contribution in [2.24, 2.45) is 0 Å². The molecule has 28 heavy (non-hydrogen) atoms. The zero-order chi connectivity index (χ0) is 19.9. The van der Waals surface area contributed by atoms with Crippen molar-refractivity contribution in [1.29, 1.82) is 0 Å². The van der Waals surface area contributed by atoms with E-state index < -0.39 is 11.7 Å². The van der Waals surface area contributed by atoms with Crippen LogP contribution in [0, 0.1) is 6.92 Å². The van der Waals surface area contributed by atoms with Gasteiger partial charge < -0.3 is 9.42 Å². The van der Waals surface area contributed by atoms with E-state index in [9.17, 15) is 18.0 Å². The first-order chi connectivity index (χ1) is 13.3. The van der Waals surface area contributed by atoms with E-state index in [1.165, 1.54) is 12.1 Å². The lowest BCUT2D eigenvalue weighted by Crippen LogP contribution is -2.24. The van der Waals surface area contributed by atoms with Gasteiger partial charge in [0.1, 0.15) is 0 Å². The van der Waals surface area contributed by atoms with Crippen molar-refractivity contribution in [2.45, 2.75) is 25.4 Å². The molecule has 1 amide bonds. The molecule has 2 heterocycles. The standard InChI is InChI=1S/C20H16F3N3O2/c1-12-2-8-16(9-3-12)26-11-14(10-17(26)27)19-24-18(25-28-19)13-4-6-15(7-5-13)20(21,22)23/h2-9,14H,10-11H2,1H3. The Labute approximate surface area is 158 Å². The molecular formula is C20H16F3N3O2. The fraction of sp³-hybridized carbons (Fsp3) is 0.250. The fourth-order valence-corrected chi connectivity index (χ4v) is 3.17. The number of amides is 1. The molecule has 144 valence electrons. The largest absolute Gasteiger partial charge is 0.416 e. The Morgan fingerprint density at radius 1 is 1.07 bits per heavy atom. The van der Waals surface area contributed by atoms with Gasteiger partial charge in [-0.15, -0.1) is 0 Å². The topological polar surface area (TPSA) is 59.2 Å². The monoisotopic (exact) mass is 387 g/mol. The van der Waals surface area contributed by atoms with E-state index in [-0.39, 0.29) is 24.1 Å². The Morgan fingerprint density at radius 2 is 1.75 bits per heavy atom. The van der Waals surface area contributed by atoms with Gasteiger partial charge in [0.25, 0.3) is 0 Å². The molecular weight excluding hydrogens is 371 g/mol. The number of anilines is 1. The molecule has 4 rings (SSSR count). The SMILES string of the molecule is Cc1ccc(N2CC(c3nc(-c4ccc(C(F)(F)F)cc4)no3)CC2=O)cc1. The molecule has 2 aromatic carbocycles. The summed E-state index contributed by atoms with van der Waals surface area (Å²) in [6, 6.07) is 12.2. The molecule has 3 aromatic rings. The normalized spacial score (nSPS) is 17.4. The summed E-state index contributed by atoms with van der Waals surface area (Å²) in [7, 11) is 0. The lowest BCUT2D eigenvalue weighted by atomic mass is 10.1. The van der Waals surface area contributed by atoms with Gasteiger partial charge in [0.15, 0.2) is 0 Å². The lowest BCUT2D eigenvalue weighted by Gasteiger charge is -2.16. The molecule has 1 unspecified atom stereocenters. The van der Waals surface area contributed by atoms with Gasteiger partial charge in [0, 0.05) is 24.2 Å². The molecule has 0 N–H and O–H groups in total. The highest BCUT2D eigenvalue weighted by molar-refractivity contribution is 5.96. The number of hydrogen-bond acceptors (Lipinski definition) is 4. The van der Waals surface area contributed by atoms with Gasteiger partial charge in [-0.05, 0) is 31.2 Å². The fourth-order valence-electron chi connectivity index (χ4n) is 3.17. The first kappa shape index (κ1) is 18.2. The summed E-state index contributed by atoms with van der Waals surface area (Å²) >= 11 is 0. The van der Waals surface area contributed by atoms with Crippen LogP contribution in [0.2, 0.25) is 0 Å². The van der Waals surface area contributed by atoms with E-state index in [1.807, 2.05) is 31.2 Å². The number of rotatable bonds is 3. The predicted molar refractivity (Wildman–Crippen MR) is 95.6 cm³/mol. The van der Waals surface area contributed by atoms with Crippen LogP contribution in [-0.4, -0.2) is 22.6 Å². The second kappa shape index (κ2) is 6.78. The average molecular weight is 387 g/mol. The Balaban J connectivity index is 1.52. The van der Waals surface area contributed by atoms with Crippen molar-refractivity contribution >= 4 is 11.6 Å². The van der Waals surface area contributed by atoms with Gasteiger partial charge in [-0.25, -0.2) is 0 Å². The first-order valence-electron chi connectivity index (χ1n) is 8.69. The number of carbonyl (C=O) groups is 1. The second-order valence-electron chi connectivity index (χ2n) is 6.77. The van der Waals surface area contributed by atoms with E-state index in [0.29, 0.717) is 18.0 Å². The first-order valence-corrected chi connectivity index (χ1v) is 8.69. The molecule has 1 aromatic heterocycles. The van der Waals surface area contributed by atoms with Crippen molar-refractivity contribution in [3.05, 3.63) is 65.5 Å². The molecule has 1 aliphatic rings.